The van der Waals surface area contributed by atoms with Crippen LogP contribution in [0.2, 0.25) is 0 Å². The third-order valence-corrected chi connectivity index (χ3v) is 1.58. The molecule has 6 nitrogen and oxygen atoms in total. The van der Waals surface area contributed by atoms with Gasteiger partial charge in [0.15, 0.2) is 0 Å². The van der Waals surface area contributed by atoms with E-state index in [1.165, 1.54) is 0 Å². The van der Waals surface area contributed by atoms with Gasteiger partial charge in [0, 0.05) is 7.11 Å². The van der Waals surface area contributed by atoms with Gasteiger partial charge in [-0.15, -0.1) is 0 Å². The first-order chi connectivity index (χ1) is 8.68. The molecule has 0 aromatic carbocycles. The Balaban J connectivity index is 0. The molecule has 0 radical (unpaired) electrons. The summed E-state index contributed by atoms with van der Waals surface area (Å²) in [6.45, 7) is 7.34. The lowest BCUT2D eigenvalue weighted by Crippen LogP contribution is -2.11. The molecule has 0 aliphatic heterocycles. The highest BCUT2D eigenvalue weighted by molar-refractivity contribution is 4.36. The molecule has 0 saturated heterocycles. The van der Waals surface area contributed by atoms with Crippen LogP contribution in [-0.2, 0) is 18.9 Å². The Labute approximate surface area is 110 Å². The number of hydrogen-bond acceptors (Lipinski definition) is 6. The van der Waals surface area contributed by atoms with Gasteiger partial charge in [-0.25, -0.2) is 0 Å². The van der Waals surface area contributed by atoms with E-state index in [1.54, 1.807) is 7.11 Å². The van der Waals surface area contributed by atoms with E-state index in [0.29, 0.717) is 45.7 Å². The van der Waals surface area contributed by atoms with E-state index in [4.69, 9.17) is 24.4 Å². The lowest BCUT2D eigenvalue weighted by molar-refractivity contribution is 0.00514. The zero-order valence-corrected chi connectivity index (χ0v) is 11.8. The molecular formula is C12H28O6. The van der Waals surface area contributed by atoms with Gasteiger partial charge in [0.25, 0.3) is 0 Å². The van der Waals surface area contributed by atoms with Crippen molar-refractivity contribution in [2.45, 2.75) is 20.0 Å². The zero-order valence-electron chi connectivity index (χ0n) is 11.8. The summed E-state index contributed by atoms with van der Waals surface area (Å²) >= 11 is 0. The van der Waals surface area contributed by atoms with Crippen LogP contribution in [0.25, 0.3) is 0 Å². The van der Waals surface area contributed by atoms with Crippen LogP contribution in [0.4, 0.5) is 0 Å². The summed E-state index contributed by atoms with van der Waals surface area (Å²) < 4.78 is 19.9. The lowest BCUT2D eigenvalue weighted by atomic mass is 10.5. The summed E-state index contributed by atoms with van der Waals surface area (Å²) in [6, 6.07) is 0. The second kappa shape index (κ2) is 19.1. The number of ether oxygens (including phenoxy) is 4. The third-order valence-electron chi connectivity index (χ3n) is 1.58. The van der Waals surface area contributed by atoms with Gasteiger partial charge in [-0.2, -0.15) is 0 Å². The van der Waals surface area contributed by atoms with Gasteiger partial charge >= 0.3 is 0 Å². The molecule has 0 rings (SSSR count). The van der Waals surface area contributed by atoms with Gasteiger partial charge in [-0.1, -0.05) is 0 Å². The Hall–Kier alpha value is -0.240. The average molecular weight is 268 g/mol. The highest BCUT2D eigenvalue weighted by Crippen LogP contribution is 1.86. The van der Waals surface area contributed by atoms with Crippen LogP contribution in [0, 0.1) is 0 Å². The SMILES string of the molecule is COCCOCCOC(C)C.OCCOCCO. The molecule has 0 bridgehead atoms. The van der Waals surface area contributed by atoms with Crippen molar-refractivity contribution in [1.82, 2.24) is 0 Å². The van der Waals surface area contributed by atoms with E-state index in [2.05, 4.69) is 4.74 Å². The van der Waals surface area contributed by atoms with Crippen molar-refractivity contribution < 1.29 is 29.2 Å². The topological polar surface area (TPSA) is 77.4 Å². The van der Waals surface area contributed by atoms with Crippen molar-refractivity contribution in [3.63, 3.8) is 0 Å². The first kappa shape index (κ1) is 20.1. The lowest BCUT2D eigenvalue weighted by Gasteiger charge is -2.07. The molecule has 112 valence electrons. The largest absolute Gasteiger partial charge is 0.394 e. The van der Waals surface area contributed by atoms with E-state index in [1.807, 2.05) is 13.8 Å². The molecule has 18 heavy (non-hydrogen) atoms. The van der Waals surface area contributed by atoms with Gasteiger partial charge in [0.1, 0.15) is 0 Å². The predicted octanol–water partition coefficient (Wildman–Crippen LogP) is 0.0620. The van der Waals surface area contributed by atoms with Crippen molar-refractivity contribution in [2.75, 3.05) is 60.0 Å². The van der Waals surface area contributed by atoms with Crippen LogP contribution in [-0.4, -0.2) is 76.3 Å². The van der Waals surface area contributed by atoms with Gasteiger partial charge in [0.05, 0.1) is 59.0 Å². The van der Waals surface area contributed by atoms with Crippen LogP contribution in [0.15, 0.2) is 0 Å². The standard InChI is InChI=1S/C8H18O3.C4H10O3/c1-8(2)11-7-6-10-5-4-9-3;5-1-3-7-4-2-6/h8H,4-7H2,1-3H3;5-6H,1-4H2. The Morgan fingerprint density at radius 2 is 1.28 bits per heavy atom. The molecule has 0 aliphatic rings. The summed E-state index contributed by atoms with van der Waals surface area (Å²) in [6.07, 6.45) is 0.293. The van der Waals surface area contributed by atoms with E-state index < -0.39 is 0 Å². The molecular weight excluding hydrogens is 240 g/mol. The van der Waals surface area contributed by atoms with Crippen LogP contribution in [0.3, 0.4) is 0 Å². The highest BCUT2D eigenvalue weighted by Gasteiger charge is 1.92. The van der Waals surface area contributed by atoms with E-state index in [9.17, 15) is 0 Å². The van der Waals surface area contributed by atoms with Crippen molar-refractivity contribution >= 4 is 0 Å². The second-order valence-electron chi connectivity index (χ2n) is 3.58. The van der Waals surface area contributed by atoms with Crippen molar-refractivity contribution in [3.8, 4) is 0 Å². The fourth-order valence-electron chi connectivity index (χ4n) is 0.818. The van der Waals surface area contributed by atoms with E-state index in [0.717, 1.165) is 0 Å². The molecule has 0 aromatic rings. The number of aliphatic hydroxyl groups is 2. The molecule has 6 heteroatoms. The van der Waals surface area contributed by atoms with Gasteiger partial charge in [-0.05, 0) is 13.8 Å². The smallest absolute Gasteiger partial charge is 0.0703 e. The third kappa shape index (κ3) is 24.8. The summed E-state index contributed by atoms with van der Waals surface area (Å²) in [5, 5.41) is 16.2. The van der Waals surface area contributed by atoms with Crippen LogP contribution >= 0.6 is 0 Å². The first-order valence-corrected chi connectivity index (χ1v) is 6.16. The molecule has 0 aromatic heterocycles. The van der Waals surface area contributed by atoms with Crippen LogP contribution in [0.5, 0.6) is 0 Å². The summed E-state index contributed by atoms with van der Waals surface area (Å²) in [4.78, 5) is 0. The van der Waals surface area contributed by atoms with Crippen molar-refractivity contribution in [1.29, 1.82) is 0 Å². The minimum Gasteiger partial charge on any atom is -0.394 e. The molecule has 0 aliphatic carbocycles. The molecule has 0 heterocycles. The molecule has 0 unspecified atom stereocenters. The molecule has 0 atom stereocenters. The molecule has 2 N–H and O–H groups in total. The normalized spacial score (nSPS) is 10.3. The fourth-order valence-corrected chi connectivity index (χ4v) is 0.818. The maximum atomic E-state index is 8.09. The summed E-state index contributed by atoms with van der Waals surface area (Å²) in [5.74, 6) is 0. The Kier molecular flexibility index (Phi) is 21.3. The minimum absolute atomic E-state index is 0.0278. The quantitative estimate of drug-likeness (QED) is 0.516. The minimum atomic E-state index is 0.0278. The van der Waals surface area contributed by atoms with E-state index in [-0.39, 0.29) is 13.2 Å². The average Bonchev–Trinajstić information content (AvgIpc) is 2.35. The number of rotatable bonds is 11. The van der Waals surface area contributed by atoms with Gasteiger partial charge in [0.2, 0.25) is 0 Å². The predicted molar refractivity (Wildman–Crippen MR) is 68.8 cm³/mol. The first-order valence-electron chi connectivity index (χ1n) is 6.16. The Bertz CT molecular complexity index is 128. The highest BCUT2D eigenvalue weighted by atomic mass is 16.5. The van der Waals surface area contributed by atoms with Gasteiger partial charge < -0.3 is 29.2 Å². The van der Waals surface area contributed by atoms with E-state index >= 15 is 0 Å². The Morgan fingerprint density at radius 1 is 0.778 bits per heavy atom. The maximum Gasteiger partial charge on any atom is 0.0703 e. The number of methoxy groups -OCH3 is 1. The molecule has 0 amide bonds. The van der Waals surface area contributed by atoms with Crippen LogP contribution < -0.4 is 0 Å². The van der Waals surface area contributed by atoms with Crippen LogP contribution in [0.1, 0.15) is 13.8 Å². The summed E-state index contributed by atoms with van der Waals surface area (Å²) in [5.41, 5.74) is 0. The Morgan fingerprint density at radius 3 is 1.72 bits per heavy atom. The van der Waals surface area contributed by atoms with Crippen molar-refractivity contribution in [3.05, 3.63) is 0 Å². The maximum absolute atomic E-state index is 8.09. The molecule has 0 saturated carbocycles. The second-order valence-corrected chi connectivity index (χ2v) is 3.58. The van der Waals surface area contributed by atoms with Crippen molar-refractivity contribution in [2.24, 2.45) is 0 Å². The summed E-state index contributed by atoms with van der Waals surface area (Å²) in [7, 11) is 1.66. The zero-order chi connectivity index (χ0) is 14.1. The number of hydrogen-bond donors (Lipinski definition) is 2. The van der Waals surface area contributed by atoms with Gasteiger partial charge in [-0.3, -0.25) is 0 Å². The number of aliphatic hydroxyl groups excluding tert-OH is 2. The monoisotopic (exact) mass is 268 g/mol. The molecule has 0 spiro atoms. The molecule has 0 fully saturated rings. The fraction of sp³-hybridized carbons (Fsp3) is 1.00.